The molecule has 0 saturated carbocycles. The summed E-state index contributed by atoms with van der Waals surface area (Å²) in [5, 5.41) is 9.23. The predicted molar refractivity (Wildman–Crippen MR) is 137 cm³/mol. The van der Waals surface area contributed by atoms with Crippen LogP contribution < -0.4 is 4.90 Å². The van der Waals surface area contributed by atoms with Crippen LogP contribution in [-0.2, 0) is 11.3 Å². The summed E-state index contributed by atoms with van der Waals surface area (Å²) in [6.45, 7) is 3.48. The molecule has 1 amide bonds. The first-order chi connectivity index (χ1) is 17.2. The van der Waals surface area contributed by atoms with Crippen LogP contribution in [0.25, 0.3) is 11.4 Å². The van der Waals surface area contributed by atoms with Gasteiger partial charge in [0.2, 0.25) is 5.91 Å². The van der Waals surface area contributed by atoms with Gasteiger partial charge in [-0.05, 0) is 29.8 Å². The minimum absolute atomic E-state index is 0.0735. The van der Waals surface area contributed by atoms with E-state index in [1.807, 2.05) is 58.0 Å². The molecule has 4 aromatic rings. The highest BCUT2D eigenvalue weighted by Gasteiger charge is 2.23. The second kappa shape index (κ2) is 10.7. The number of halogens is 1. The van der Waals surface area contributed by atoms with E-state index in [1.165, 1.54) is 23.5 Å². The van der Waals surface area contributed by atoms with Crippen LogP contribution in [0.15, 0.2) is 90.1 Å². The van der Waals surface area contributed by atoms with E-state index in [0.717, 1.165) is 18.7 Å². The summed E-state index contributed by atoms with van der Waals surface area (Å²) in [5.41, 5.74) is 2.63. The minimum Gasteiger partial charge on any atom is -0.368 e. The van der Waals surface area contributed by atoms with Gasteiger partial charge in [-0.3, -0.25) is 9.36 Å². The average molecular weight is 488 g/mol. The van der Waals surface area contributed by atoms with Crippen molar-refractivity contribution < 1.29 is 9.18 Å². The number of thioether (sulfide) groups is 1. The monoisotopic (exact) mass is 487 g/mol. The molecule has 1 fully saturated rings. The van der Waals surface area contributed by atoms with Gasteiger partial charge in [-0.15, -0.1) is 10.2 Å². The zero-order valence-corrected chi connectivity index (χ0v) is 20.1. The van der Waals surface area contributed by atoms with Crippen molar-refractivity contribution in [1.29, 1.82) is 0 Å². The van der Waals surface area contributed by atoms with Crippen molar-refractivity contribution in [3.8, 4) is 11.4 Å². The lowest BCUT2D eigenvalue weighted by atomic mass is 10.2. The first-order valence-electron chi connectivity index (χ1n) is 11.6. The van der Waals surface area contributed by atoms with E-state index in [1.54, 1.807) is 18.2 Å². The number of carbonyl (C=O) groups excluding carboxylic acids is 1. The fraction of sp³-hybridized carbons (Fsp3) is 0.222. The Balaban J connectivity index is 1.28. The molecular weight excluding hydrogens is 461 g/mol. The number of hydrogen-bond acceptors (Lipinski definition) is 5. The van der Waals surface area contributed by atoms with Crippen LogP contribution in [0.2, 0.25) is 0 Å². The van der Waals surface area contributed by atoms with Crippen LogP contribution in [0, 0.1) is 5.82 Å². The molecule has 0 radical (unpaired) electrons. The fourth-order valence-electron chi connectivity index (χ4n) is 4.22. The second-order valence-electron chi connectivity index (χ2n) is 8.35. The van der Waals surface area contributed by atoms with E-state index >= 15 is 0 Å². The number of amides is 1. The number of benzene rings is 3. The third-order valence-corrected chi connectivity index (χ3v) is 7.05. The molecule has 0 unspecified atom stereocenters. The van der Waals surface area contributed by atoms with Gasteiger partial charge >= 0.3 is 0 Å². The third-order valence-electron chi connectivity index (χ3n) is 6.09. The van der Waals surface area contributed by atoms with Crippen molar-refractivity contribution in [2.45, 2.75) is 11.7 Å². The van der Waals surface area contributed by atoms with Gasteiger partial charge < -0.3 is 9.80 Å². The van der Waals surface area contributed by atoms with E-state index in [9.17, 15) is 9.18 Å². The van der Waals surface area contributed by atoms with Crippen LogP contribution >= 0.6 is 11.8 Å². The van der Waals surface area contributed by atoms with Gasteiger partial charge in [0.05, 0.1) is 17.9 Å². The molecule has 2 heterocycles. The molecule has 0 spiro atoms. The lowest BCUT2D eigenvalue weighted by molar-refractivity contribution is -0.128. The molecule has 5 rings (SSSR count). The summed E-state index contributed by atoms with van der Waals surface area (Å²) < 4.78 is 16.4. The second-order valence-corrected chi connectivity index (χ2v) is 9.29. The van der Waals surface area contributed by atoms with Crippen LogP contribution in [0.3, 0.4) is 0 Å². The molecule has 1 aliphatic rings. The Hall–Kier alpha value is -3.65. The van der Waals surface area contributed by atoms with E-state index in [2.05, 4.69) is 27.2 Å². The lowest BCUT2D eigenvalue weighted by Crippen LogP contribution is -2.49. The molecule has 35 heavy (non-hydrogen) atoms. The van der Waals surface area contributed by atoms with Crippen molar-refractivity contribution in [1.82, 2.24) is 19.7 Å². The molecule has 1 aromatic heterocycles. The van der Waals surface area contributed by atoms with E-state index in [0.29, 0.717) is 36.2 Å². The Morgan fingerprint density at radius 3 is 2.20 bits per heavy atom. The molecule has 0 N–H and O–H groups in total. The van der Waals surface area contributed by atoms with Crippen LogP contribution in [-0.4, -0.2) is 57.5 Å². The van der Waals surface area contributed by atoms with Gasteiger partial charge in [0.25, 0.3) is 0 Å². The molecule has 0 aliphatic carbocycles. The van der Waals surface area contributed by atoms with Gasteiger partial charge in [-0.25, -0.2) is 4.39 Å². The predicted octanol–water partition coefficient (Wildman–Crippen LogP) is 4.57. The number of anilines is 1. The zero-order valence-electron chi connectivity index (χ0n) is 19.3. The van der Waals surface area contributed by atoms with Gasteiger partial charge in [0, 0.05) is 31.9 Å². The van der Waals surface area contributed by atoms with Crippen molar-refractivity contribution in [3.05, 3.63) is 96.3 Å². The van der Waals surface area contributed by atoms with Gasteiger partial charge in [0.1, 0.15) is 5.82 Å². The maximum atomic E-state index is 14.6. The summed E-state index contributed by atoms with van der Waals surface area (Å²) in [6.07, 6.45) is 0. The Labute approximate surface area is 208 Å². The molecule has 6 nitrogen and oxygen atoms in total. The average Bonchev–Trinajstić information content (AvgIpc) is 3.30. The number of para-hydroxylation sites is 1. The van der Waals surface area contributed by atoms with Crippen LogP contribution in [0.5, 0.6) is 0 Å². The number of nitrogens with zero attached hydrogens (tertiary/aromatic N) is 5. The van der Waals surface area contributed by atoms with Crippen LogP contribution in [0.4, 0.5) is 10.1 Å². The first kappa shape index (κ1) is 23.1. The number of aromatic nitrogens is 3. The highest BCUT2D eigenvalue weighted by molar-refractivity contribution is 7.99. The molecule has 0 atom stereocenters. The fourth-order valence-corrected chi connectivity index (χ4v) is 5.06. The summed E-state index contributed by atoms with van der Waals surface area (Å²) in [5.74, 6) is 0.441. The lowest BCUT2D eigenvalue weighted by Gasteiger charge is -2.36. The number of piperazine rings is 1. The van der Waals surface area contributed by atoms with Crippen molar-refractivity contribution in [3.63, 3.8) is 0 Å². The molecule has 1 saturated heterocycles. The Kier molecular flexibility index (Phi) is 7.09. The zero-order chi connectivity index (χ0) is 24.0. The number of carbonyl (C=O) groups is 1. The summed E-state index contributed by atoms with van der Waals surface area (Å²) in [6, 6.07) is 26.7. The molecule has 1 aliphatic heterocycles. The molecule has 0 bridgehead atoms. The maximum absolute atomic E-state index is 14.6. The van der Waals surface area contributed by atoms with Gasteiger partial charge in [0.15, 0.2) is 11.0 Å². The van der Waals surface area contributed by atoms with Gasteiger partial charge in [-0.1, -0.05) is 72.4 Å². The van der Waals surface area contributed by atoms with E-state index in [-0.39, 0.29) is 17.5 Å². The van der Waals surface area contributed by atoms with E-state index in [4.69, 9.17) is 0 Å². The summed E-state index contributed by atoms with van der Waals surface area (Å²) in [7, 11) is 0. The first-order valence-corrected chi connectivity index (χ1v) is 12.6. The third kappa shape index (κ3) is 5.38. The Morgan fingerprint density at radius 1 is 0.829 bits per heavy atom. The largest absolute Gasteiger partial charge is 0.368 e. The maximum Gasteiger partial charge on any atom is 0.233 e. The number of hydrogen-bond donors (Lipinski definition) is 0. The molecular formula is C27H26FN5OS. The Bertz CT molecular complexity index is 1270. The SMILES string of the molecule is O=C(CSc1nnc(-c2ccccc2F)n1Cc1ccccc1)N1CCN(c2ccccc2)CC1. The number of rotatable bonds is 7. The highest BCUT2D eigenvalue weighted by atomic mass is 32.2. The Morgan fingerprint density at radius 2 is 1.49 bits per heavy atom. The molecule has 3 aromatic carbocycles. The van der Waals surface area contributed by atoms with Crippen LogP contribution in [0.1, 0.15) is 5.56 Å². The molecule has 178 valence electrons. The minimum atomic E-state index is -0.349. The molecule has 8 heteroatoms. The highest BCUT2D eigenvalue weighted by Crippen LogP contribution is 2.27. The van der Waals surface area contributed by atoms with Gasteiger partial charge in [-0.2, -0.15) is 0 Å². The summed E-state index contributed by atoms with van der Waals surface area (Å²) >= 11 is 1.35. The van der Waals surface area contributed by atoms with Crippen molar-refractivity contribution in [2.75, 3.05) is 36.8 Å². The summed E-state index contributed by atoms with van der Waals surface area (Å²) in [4.78, 5) is 17.2. The topological polar surface area (TPSA) is 54.3 Å². The smallest absolute Gasteiger partial charge is 0.233 e. The quantitative estimate of drug-likeness (QED) is 0.358. The standard InChI is InChI=1S/C27H26FN5OS/c28-24-14-8-7-13-23(24)26-29-30-27(33(26)19-21-9-3-1-4-10-21)35-20-25(34)32-17-15-31(16-18-32)22-11-5-2-6-12-22/h1-14H,15-20H2. The van der Waals surface area contributed by atoms with E-state index < -0.39 is 0 Å². The normalized spacial score (nSPS) is 13.7. The van der Waals surface area contributed by atoms with Crippen molar-refractivity contribution >= 4 is 23.4 Å². The van der Waals surface area contributed by atoms with Crippen molar-refractivity contribution in [2.24, 2.45) is 0 Å².